The molecule has 1 atom stereocenters. The number of carbonyl (C=O) groups excluding carboxylic acids is 1. The van der Waals surface area contributed by atoms with Gasteiger partial charge in [-0.1, -0.05) is 12.1 Å². The van der Waals surface area contributed by atoms with Gasteiger partial charge in [-0.3, -0.25) is 4.79 Å². The first-order valence-electron chi connectivity index (χ1n) is 7.58. The lowest BCUT2D eigenvalue weighted by Crippen LogP contribution is -2.33. The summed E-state index contributed by atoms with van der Waals surface area (Å²) in [5, 5.41) is 3.95. The molecule has 1 aliphatic heterocycles. The first-order valence-corrected chi connectivity index (χ1v) is 7.58. The monoisotopic (exact) mass is 326 g/mol. The smallest absolute Gasteiger partial charge is 0.280 e. The van der Waals surface area contributed by atoms with Crippen molar-refractivity contribution in [1.82, 2.24) is 5.43 Å². The molecule has 1 heterocycles. The number of aryl methyl sites for hydroxylation is 1. The normalized spacial score (nSPS) is 13.8. The first kappa shape index (κ1) is 15.9. The van der Waals surface area contributed by atoms with E-state index in [2.05, 4.69) is 10.5 Å². The number of carbonyl (C=O) groups is 1. The second-order valence-electron chi connectivity index (χ2n) is 5.42. The molecule has 0 radical (unpaired) electrons. The summed E-state index contributed by atoms with van der Waals surface area (Å²) in [5.41, 5.74) is 4.34. The fourth-order valence-corrected chi connectivity index (χ4v) is 2.20. The summed E-state index contributed by atoms with van der Waals surface area (Å²) in [5.74, 6) is 1.70. The van der Waals surface area contributed by atoms with E-state index in [-0.39, 0.29) is 12.7 Å². The number of nitrogens with zero attached hydrogens (tertiary/aromatic N) is 1. The van der Waals surface area contributed by atoms with Gasteiger partial charge in [-0.05, 0) is 55.3 Å². The third-order valence-electron chi connectivity index (χ3n) is 3.46. The second kappa shape index (κ2) is 7.04. The topological polar surface area (TPSA) is 69.2 Å². The molecule has 0 unspecified atom stereocenters. The minimum absolute atomic E-state index is 0.223. The number of hydrazone groups is 1. The van der Waals surface area contributed by atoms with Gasteiger partial charge in [0.1, 0.15) is 5.75 Å². The van der Waals surface area contributed by atoms with Crippen molar-refractivity contribution < 1.29 is 19.0 Å². The molecule has 1 N–H and O–H groups in total. The predicted octanol–water partition coefficient (Wildman–Crippen LogP) is 2.64. The summed E-state index contributed by atoms with van der Waals surface area (Å²) in [4.78, 5) is 12.0. The summed E-state index contributed by atoms with van der Waals surface area (Å²) in [6, 6.07) is 13.0. The number of nitrogens with one attached hydrogen (secondary N) is 1. The maximum atomic E-state index is 12.0. The van der Waals surface area contributed by atoms with Crippen LogP contribution in [-0.4, -0.2) is 25.0 Å². The summed E-state index contributed by atoms with van der Waals surface area (Å²) < 4.78 is 16.1. The third-order valence-corrected chi connectivity index (χ3v) is 3.46. The molecule has 0 saturated heterocycles. The molecule has 2 aromatic carbocycles. The van der Waals surface area contributed by atoms with Gasteiger partial charge in [0, 0.05) is 0 Å². The Morgan fingerprint density at radius 1 is 1.25 bits per heavy atom. The third kappa shape index (κ3) is 3.84. The molecule has 0 spiro atoms. The fourth-order valence-electron chi connectivity index (χ4n) is 2.20. The van der Waals surface area contributed by atoms with Gasteiger partial charge >= 0.3 is 0 Å². The van der Waals surface area contributed by atoms with E-state index in [1.807, 2.05) is 37.3 Å². The van der Waals surface area contributed by atoms with E-state index in [0.29, 0.717) is 17.2 Å². The van der Waals surface area contributed by atoms with Crippen molar-refractivity contribution in [1.29, 1.82) is 0 Å². The maximum Gasteiger partial charge on any atom is 0.280 e. The molecule has 0 fully saturated rings. The van der Waals surface area contributed by atoms with Crippen LogP contribution in [0.3, 0.4) is 0 Å². The van der Waals surface area contributed by atoms with Crippen molar-refractivity contribution in [2.24, 2.45) is 5.10 Å². The molecule has 0 aromatic heterocycles. The van der Waals surface area contributed by atoms with Crippen LogP contribution in [0.5, 0.6) is 17.2 Å². The Hall–Kier alpha value is -3.02. The van der Waals surface area contributed by atoms with Gasteiger partial charge < -0.3 is 14.2 Å². The van der Waals surface area contributed by atoms with Crippen molar-refractivity contribution in [3.63, 3.8) is 0 Å². The van der Waals surface area contributed by atoms with Gasteiger partial charge in [0.05, 0.1) is 6.21 Å². The molecule has 1 aliphatic rings. The zero-order valence-electron chi connectivity index (χ0n) is 13.5. The average molecular weight is 326 g/mol. The van der Waals surface area contributed by atoms with Crippen molar-refractivity contribution >= 4 is 12.1 Å². The Bertz CT molecular complexity index is 773. The Morgan fingerprint density at radius 3 is 2.92 bits per heavy atom. The van der Waals surface area contributed by atoms with Crippen LogP contribution in [0.15, 0.2) is 47.6 Å². The summed E-state index contributed by atoms with van der Waals surface area (Å²) in [6.45, 7) is 3.86. The highest BCUT2D eigenvalue weighted by Gasteiger charge is 2.14. The number of fused-ring (bicyclic) bond motifs is 1. The van der Waals surface area contributed by atoms with Gasteiger partial charge in [0.15, 0.2) is 17.6 Å². The molecule has 2 aromatic rings. The van der Waals surface area contributed by atoms with Gasteiger partial charge in [0.2, 0.25) is 6.79 Å². The van der Waals surface area contributed by atoms with Crippen LogP contribution in [0.2, 0.25) is 0 Å². The van der Waals surface area contributed by atoms with Crippen LogP contribution in [0.4, 0.5) is 0 Å². The van der Waals surface area contributed by atoms with E-state index in [1.165, 1.54) is 0 Å². The Balaban J connectivity index is 1.54. The Labute approximate surface area is 140 Å². The van der Waals surface area contributed by atoms with Gasteiger partial charge in [-0.2, -0.15) is 5.10 Å². The summed E-state index contributed by atoms with van der Waals surface area (Å²) in [6.07, 6.45) is 0.889. The number of rotatable bonds is 5. The van der Waals surface area contributed by atoms with Crippen LogP contribution in [0.25, 0.3) is 0 Å². The number of hydrogen-bond donors (Lipinski definition) is 1. The lowest BCUT2D eigenvalue weighted by molar-refractivity contribution is -0.127. The van der Waals surface area contributed by atoms with E-state index in [9.17, 15) is 4.79 Å². The van der Waals surface area contributed by atoms with E-state index in [1.54, 1.807) is 25.3 Å². The minimum atomic E-state index is -0.652. The van der Waals surface area contributed by atoms with Crippen LogP contribution in [0.1, 0.15) is 18.1 Å². The largest absolute Gasteiger partial charge is 0.481 e. The molecule has 6 nitrogen and oxygen atoms in total. The van der Waals surface area contributed by atoms with Crippen molar-refractivity contribution in [3.05, 3.63) is 53.6 Å². The highest BCUT2D eigenvalue weighted by atomic mass is 16.7. The Morgan fingerprint density at radius 2 is 2.08 bits per heavy atom. The number of ether oxygens (including phenoxy) is 3. The highest BCUT2D eigenvalue weighted by molar-refractivity contribution is 5.85. The minimum Gasteiger partial charge on any atom is -0.481 e. The molecular weight excluding hydrogens is 308 g/mol. The van der Waals surface area contributed by atoms with Gasteiger partial charge in [-0.25, -0.2) is 5.43 Å². The number of benzene rings is 2. The zero-order valence-corrected chi connectivity index (χ0v) is 13.5. The molecule has 1 amide bonds. The van der Waals surface area contributed by atoms with E-state index >= 15 is 0 Å². The van der Waals surface area contributed by atoms with Crippen LogP contribution >= 0.6 is 0 Å². The van der Waals surface area contributed by atoms with E-state index < -0.39 is 6.10 Å². The molecule has 24 heavy (non-hydrogen) atoms. The van der Waals surface area contributed by atoms with Crippen LogP contribution < -0.4 is 19.6 Å². The van der Waals surface area contributed by atoms with Gasteiger partial charge in [-0.15, -0.1) is 0 Å². The lowest BCUT2D eigenvalue weighted by Gasteiger charge is -2.13. The lowest BCUT2D eigenvalue weighted by atomic mass is 10.2. The highest BCUT2D eigenvalue weighted by Crippen LogP contribution is 2.31. The number of hydrogen-bond acceptors (Lipinski definition) is 5. The molecular formula is C18H18N2O4. The van der Waals surface area contributed by atoms with E-state index in [4.69, 9.17) is 14.2 Å². The van der Waals surface area contributed by atoms with Crippen LogP contribution in [0, 0.1) is 6.92 Å². The predicted molar refractivity (Wildman–Crippen MR) is 89.6 cm³/mol. The SMILES string of the molecule is Cc1cccc(O[C@@H](C)C(=O)NN=Cc2ccc3c(c2)OCO3)c1. The fraction of sp³-hybridized carbons (Fsp3) is 0.222. The molecule has 6 heteroatoms. The summed E-state index contributed by atoms with van der Waals surface area (Å²) in [7, 11) is 0. The Kier molecular flexibility index (Phi) is 4.65. The molecule has 0 saturated carbocycles. The van der Waals surface area contributed by atoms with E-state index in [0.717, 1.165) is 11.1 Å². The molecule has 124 valence electrons. The average Bonchev–Trinajstić information content (AvgIpc) is 3.02. The zero-order chi connectivity index (χ0) is 16.9. The molecule has 0 aliphatic carbocycles. The maximum absolute atomic E-state index is 12.0. The second-order valence-corrected chi connectivity index (χ2v) is 5.42. The molecule has 3 rings (SSSR count). The van der Waals surface area contributed by atoms with Crippen LogP contribution in [-0.2, 0) is 4.79 Å². The first-order chi connectivity index (χ1) is 11.6. The number of amides is 1. The van der Waals surface area contributed by atoms with Crippen molar-refractivity contribution in [2.45, 2.75) is 20.0 Å². The van der Waals surface area contributed by atoms with Gasteiger partial charge in [0.25, 0.3) is 5.91 Å². The quantitative estimate of drug-likeness (QED) is 0.677. The van der Waals surface area contributed by atoms with Crippen molar-refractivity contribution in [2.75, 3.05) is 6.79 Å². The summed E-state index contributed by atoms with van der Waals surface area (Å²) >= 11 is 0. The standard InChI is InChI=1S/C18H18N2O4/c1-12-4-3-5-15(8-12)24-13(2)18(21)20-19-10-14-6-7-16-17(9-14)23-11-22-16/h3-10,13H,11H2,1-2H3,(H,20,21)/t13-/m0/s1. The molecule has 0 bridgehead atoms. The van der Waals surface area contributed by atoms with Crippen molar-refractivity contribution in [3.8, 4) is 17.2 Å².